The zero-order chi connectivity index (χ0) is 13.9. The average molecular weight is 268 g/mol. The summed E-state index contributed by atoms with van der Waals surface area (Å²) in [4.78, 5) is 0. The van der Waals surface area contributed by atoms with Crippen molar-refractivity contribution in [2.45, 2.75) is 45.7 Å². The van der Waals surface area contributed by atoms with E-state index in [0.29, 0.717) is 6.04 Å². The minimum atomic E-state index is 0.557. The molecule has 1 aliphatic rings. The molecule has 1 aliphatic carbocycles. The van der Waals surface area contributed by atoms with E-state index in [1.807, 2.05) is 0 Å². The van der Waals surface area contributed by atoms with E-state index in [1.165, 1.54) is 41.5 Å². The van der Waals surface area contributed by atoms with Gasteiger partial charge in [0.05, 0.1) is 0 Å². The molecule has 0 amide bonds. The highest BCUT2D eigenvalue weighted by atomic mass is 15.0. The maximum absolute atomic E-state index is 3.62. The van der Waals surface area contributed by atoms with Gasteiger partial charge in [-0.1, -0.05) is 31.2 Å². The number of aromatic nitrogens is 1. The highest BCUT2D eigenvalue weighted by Crippen LogP contribution is 2.30. The Hall–Kier alpha value is -1.54. The fourth-order valence-electron chi connectivity index (χ4n) is 3.28. The maximum atomic E-state index is 3.62. The monoisotopic (exact) mass is 268 g/mol. The quantitative estimate of drug-likeness (QED) is 0.891. The third-order valence-corrected chi connectivity index (χ3v) is 4.38. The van der Waals surface area contributed by atoms with Gasteiger partial charge in [0.2, 0.25) is 0 Å². The predicted molar refractivity (Wildman–Crippen MR) is 84.1 cm³/mol. The van der Waals surface area contributed by atoms with E-state index in [-0.39, 0.29) is 0 Å². The summed E-state index contributed by atoms with van der Waals surface area (Å²) >= 11 is 0. The van der Waals surface area contributed by atoms with Crippen molar-refractivity contribution in [1.82, 2.24) is 9.88 Å². The Labute approximate surface area is 121 Å². The largest absolute Gasteiger partial charge is 0.349 e. The summed E-state index contributed by atoms with van der Waals surface area (Å²) in [6.07, 6.45) is 8.52. The van der Waals surface area contributed by atoms with Crippen LogP contribution < -0.4 is 5.32 Å². The van der Waals surface area contributed by atoms with Gasteiger partial charge in [0, 0.05) is 25.0 Å². The van der Waals surface area contributed by atoms with Crippen LogP contribution in [-0.2, 0) is 13.0 Å². The zero-order valence-electron chi connectivity index (χ0n) is 12.5. The summed E-state index contributed by atoms with van der Waals surface area (Å²) < 4.78 is 2.36. The molecule has 1 unspecified atom stereocenters. The fourth-order valence-corrected chi connectivity index (χ4v) is 3.28. The minimum absolute atomic E-state index is 0.557. The lowest BCUT2D eigenvalue weighted by atomic mass is 9.91. The third-order valence-electron chi connectivity index (χ3n) is 4.38. The van der Waals surface area contributed by atoms with Crippen molar-refractivity contribution in [2.24, 2.45) is 0 Å². The molecular weight excluding hydrogens is 244 g/mol. The van der Waals surface area contributed by atoms with Crippen LogP contribution in [0.1, 0.15) is 48.1 Å². The molecule has 3 rings (SSSR count). The van der Waals surface area contributed by atoms with E-state index in [9.17, 15) is 0 Å². The smallest absolute Gasteiger partial charge is 0.0473 e. The maximum Gasteiger partial charge on any atom is 0.0473 e. The van der Waals surface area contributed by atoms with Gasteiger partial charge in [-0.05, 0) is 55.0 Å². The molecule has 0 saturated heterocycles. The summed E-state index contributed by atoms with van der Waals surface area (Å²) in [5.74, 6) is 0. The number of hydrogen-bond donors (Lipinski definition) is 1. The summed E-state index contributed by atoms with van der Waals surface area (Å²) in [5, 5.41) is 3.62. The molecule has 0 bridgehead atoms. The molecule has 1 aromatic carbocycles. The van der Waals surface area contributed by atoms with Crippen LogP contribution in [0.5, 0.6) is 0 Å². The molecule has 1 atom stereocenters. The van der Waals surface area contributed by atoms with Crippen LogP contribution in [0.15, 0.2) is 36.7 Å². The second-order valence-electron chi connectivity index (χ2n) is 5.84. The number of fused-ring (bicyclic) bond motifs is 1. The van der Waals surface area contributed by atoms with Crippen LogP contribution in [0.4, 0.5) is 0 Å². The number of nitrogens with one attached hydrogen (secondary N) is 1. The minimum Gasteiger partial charge on any atom is -0.349 e. The Bertz CT molecular complexity index is 583. The Balaban J connectivity index is 1.84. The van der Waals surface area contributed by atoms with Gasteiger partial charge in [0.15, 0.2) is 0 Å². The molecule has 2 heteroatoms. The molecule has 0 aliphatic heterocycles. The van der Waals surface area contributed by atoms with E-state index >= 15 is 0 Å². The molecule has 2 aromatic rings. The lowest BCUT2D eigenvalue weighted by Gasteiger charge is -2.22. The van der Waals surface area contributed by atoms with Crippen molar-refractivity contribution in [2.75, 3.05) is 6.54 Å². The lowest BCUT2D eigenvalue weighted by molar-refractivity contribution is 0.473. The van der Waals surface area contributed by atoms with E-state index in [1.54, 1.807) is 0 Å². The number of aryl methyl sites for hydroxylation is 2. The van der Waals surface area contributed by atoms with Crippen LogP contribution in [-0.4, -0.2) is 11.1 Å². The SMILES string of the molecule is CCNC1CCCc2cn(Cc3ccccc3C)cc21. The summed E-state index contributed by atoms with van der Waals surface area (Å²) in [6, 6.07) is 9.23. The van der Waals surface area contributed by atoms with Crippen molar-refractivity contribution in [1.29, 1.82) is 0 Å². The highest BCUT2D eigenvalue weighted by molar-refractivity contribution is 5.32. The van der Waals surface area contributed by atoms with Gasteiger partial charge in [-0.3, -0.25) is 0 Å². The second-order valence-corrected chi connectivity index (χ2v) is 5.84. The van der Waals surface area contributed by atoms with Gasteiger partial charge in [-0.2, -0.15) is 0 Å². The summed E-state index contributed by atoms with van der Waals surface area (Å²) in [6.45, 7) is 6.42. The van der Waals surface area contributed by atoms with Gasteiger partial charge < -0.3 is 9.88 Å². The number of hydrogen-bond acceptors (Lipinski definition) is 1. The summed E-state index contributed by atoms with van der Waals surface area (Å²) in [5.41, 5.74) is 5.85. The Morgan fingerprint density at radius 3 is 2.90 bits per heavy atom. The Morgan fingerprint density at radius 1 is 1.25 bits per heavy atom. The van der Waals surface area contributed by atoms with Gasteiger partial charge in [-0.15, -0.1) is 0 Å². The van der Waals surface area contributed by atoms with Gasteiger partial charge in [0.1, 0.15) is 0 Å². The zero-order valence-corrected chi connectivity index (χ0v) is 12.5. The molecule has 1 aromatic heterocycles. The Morgan fingerprint density at radius 2 is 2.10 bits per heavy atom. The molecule has 0 spiro atoms. The average Bonchev–Trinajstić information content (AvgIpc) is 2.85. The molecule has 1 N–H and O–H groups in total. The van der Waals surface area contributed by atoms with E-state index in [4.69, 9.17) is 0 Å². The van der Waals surface area contributed by atoms with Crippen LogP contribution in [0, 0.1) is 6.92 Å². The van der Waals surface area contributed by atoms with Gasteiger partial charge in [0.25, 0.3) is 0 Å². The van der Waals surface area contributed by atoms with Crippen molar-refractivity contribution in [3.63, 3.8) is 0 Å². The van der Waals surface area contributed by atoms with E-state index in [2.05, 4.69) is 60.4 Å². The first kappa shape index (κ1) is 13.4. The van der Waals surface area contributed by atoms with E-state index < -0.39 is 0 Å². The standard InChI is InChI=1S/C18H24N2/c1-3-19-18-10-6-9-16-12-20(13-17(16)18)11-15-8-5-4-7-14(15)2/h4-5,7-8,12-13,18-19H,3,6,9-11H2,1-2H3. The molecule has 0 fully saturated rings. The van der Waals surface area contributed by atoms with Crippen LogP contribution in [0.3, 0.4) is 0 Å². The molecule has 0 radical (unpaired) electrons. The number of rotatable bonds is 4. The van der Waals surface area contributed by atoms with Gasteiger partial charge >= 0.3 is 0 Å². The summed E-state index contributed by atoms with van der Waals surface area (Å²) in [7, 11) is 0. The molecular formula is C18H24N2. The topological polar surface area (TPSA) is 17.0 Å². The second kappa shape index (κ2) is 5.84. The van der Waals surface area contributed by atoms with Crippen molar-refractivity contribution >= 4 is 0 Å². The molecule has 0 saturated carbocycles. The van der Waals surface area contributed by atoms with Crippen molar-refractivity contribution in [3.05, 3.63) is 58.9 Å². The molecule has 20 heavy (non-hydrogen) atoms. The van der Waals surface area contributed by atoms with Crippen LogP contribution >= 0.6 is 0 Å². The first-order valence-corrected chi connectivity index (χ1v) is 7.74. The van der Waals surface area contributed by atoms with E-state index in [0.717, 1.165) is 13.1 Å². The molecule has 106 valence electrons. The fraction of sp³-hybridized carbons (Fsp3) is 0.444. The molecule has 1 heterocycles. The van der Waals surface area contributed by atoms with Crippen molar-refractivity contribution < 1.29 is 0 Å². The normalized spacial score (nSPS) is 18.0. The van der Waals surface area contributed by atoms with Crippen LogP contribution in [0.2, 0.25) is 0 Å². The number of nitrogens with zero attached hydrogens (tertiary/aromatic N) is 1. The van der Waals surface area contributed by atoms with Crippen LogP contribution in [0.25, 0.3) is 0 Å². The highest BCUT2D eigenvalue weighted by Gasteiger charge is 2.21. The first-order chi connectivity index (χ1) is 9.78. The van der Waals surface area contributed by atoms with Crippen molar-refractivity contribution in [3.8, 4) is 0 Å². The molecule has 2 nitrogen and oxygen atoms in total. The lowest BCUT2D eigenvalue weighted by Crippen LogP contribution is -2.23. The first-order valence-electron chi connectivity index (χ1n) is 7.74. The third kappa shape index (κ3) is 2.66. The predicted octanol–water partition coefficient (Wildman–Crippen LogP) is 3.83. The number of benzene rings is 1. The van der Waals surface area contributed by atoms with Gasteiger partial charge in [-0.25, -0.2) is 0 Å². The Kier molecular flexibility index (Phi) is 3.93.